The highest BCUT2D eigenvalue weighted by molar-refractivity contribution is 5.76. The fourth-order valence-electron chi connectivity index (χ4n) is 4.50. The maximum Gasteiger partial charge on any atom is 0.267 e. The molecule has 7 nitrogen and oxygen atoms in total. The third-order valence-electron chi connectivity index (χ3n) is 6.32. The largest absolute Gasteiger partial charge is 0.497 e. The Bertz CT molecular complexity index is 940. The molecule has 0 bridgehead atoms. The first-order valence-corrected chi connectivity index (χ1v) is 10.2. The number of carbonyl (C=O) groups is 1. The quantitative estimate of drug-likeness (QED) is 0.854. The summed E-state index contributed by atoms with van der Waals surface area (Å²) in [5.41, 5.74) is 0.540. The van der Waals surface area contributed by atoms with Gasteiger partial charge in [0.2, 0.25) is 5.91 Å². The Kier molecular flexibility index (Phi) is 5.41. The number of ether oxygens (including phenoxy) is 1. The van der Waals surface area contributed by atoms with E-state index in [9.17, 15) is 14.7 Å². The molecule has 7 heteroatoms. The van der Waals surface area contributed by atoms with Gasteiger partial charge in [-0.1, -0.05) is 12.8 Å². The maximum absolute atomic E-state index is 12.9. The lowest BCUT2D eigenvalue weighted by molar-refractivity contribution is -0.144. The number of rotatable bonds is 4. The van der Waals surface area contributed by atoms with Crippen LogP contribution in [0.1, 0.15) is 32.1 Å². The van der Waals surface area contributed by atoms with Crippen molar-refractivity contribution in [1.82, 2.24) is 14.7 Å². The smallest absolute Gasteiger partial charge is 0.267 e. The van der Waals surface area contributed by atoms with Crippen LogP contribution >= 0.6 is 0 Å². The molecular weight excluding hydrogens is 370 g/mol. The highest BCUT2D eigenvalue weighted by atomic mass is 16.5. The molecule has 0 spiro atoms. The van der Waals surface area contributed by atoms with Crippen LogP contribution < -0.4 is 10.3 Å². The first kappa shape index (κ1) is 19.6. The Hall–Kier alpha value is -2.67. The fraction of sp³-hybridized carbons (Fsp3) is 0.500. The van der Waals surface area contributed by atoms with Gasteiger partial charge in [0.15, 0.2) is 0 Å². The molecule has 2 heterocycles. The van der Waals surface area contributed by atoms with Gasteiger partial charge in [0.05, 0.1) is 18.4 Å². The van der Waals surface area contributed by atoms with Crippen LogP contribution in [0.15, 0.2) is 41.2 Å². The molecule has 2 aliphatic rings. The summed E-state index contributed by atoms with van der Waals surface area (Å²) in [4.78, 5) is 26.9. The average molecular weight is 397 g/mol. The van der Waals surface area contributed by atoms with Crippen LogP contribution in [0.3, 0.4) is 0 Å². The van der Waals surface area contributed by atoms with Crippen LogP contribution in [0.4, 0.5) is 0 Å². The van der Waals surface area contributed by atoms with Gasteiger partial charge in [0.1, 0.15) is 12.3 Å². The van der Waals surface area contributed by atoms with Crippen molar-refractivity contribution >= 4 is 5.91 Å². The SMILES string of the molecule is COc1ccc(-c2ccc(=O)n(CC(=O)N3CC[C@]4(O)CCCC[C@H]4C3)n2)cc1. The first-order valence-electron chi connectivity index (χ1n) is 10.2. The molecule has 2 aromatic rings. The van der Waals surface area contributed by atoms with Gasteiger partial charge in [-0.25, -0.2) is 4.68 Å². The summed E-state index contributed by atoms with van der Waals surface area (Å²) < 4.78 is 6.39. The zero-order valence-electron chi connectivity index (χ0n) is 16.7. The number of likely N-dealkylation sites (tertiary alicyclic amines) is 1. The van der Waals surface area contributed by atoms with Gasteiger partial charge in [-0.3, -0.25) is 9.59 Å². The number of carbonyl (C=O) groups excluding carboxylic acids is 1. The molecule has 2 atom stereocenters. The molecule has 1 N–H and O–H groups in total. The molecule has 1 aliphatic carbocycles. The second kappa shape index (κ2) is 7.99. The number of aromatic nitrogens is 2. The predicted octanol–water partition coefficient (Wildman–Crippen LogP) is 2.07. The zero-order valence-corrected chi connectivity index (χ0v) is 16.7. The molecule has 1 amide bonds. The molecule has 29 heavy (non-hydrogen) atoms. The summed E-state index contributed by atoms with van der Waals surface area (Å²) in [5.74, 6) is 0.744. The average Bonchev–Trinajstić information content (AvgIpc) is 2.74. The van der Waals surface area contributed by atoms with Crippen molar-refractivity contribution in [1.29, 1.82) is 0 Å². The predicted molar refractivity (Wildman–Crippen MR) is 109 cm³/mol. The van der Waals surface area contributed by atoms with Gasteiger partial charge < -0.3 is 14.7 Å². The number of hydrogen-bond acceptors (Lipinski definition) is 5. The minimum Gasteiger partial charge on any atom is -0.497 e. The minimum atomic E-state index is -0.627. The van der Waals surface area contributed by atoms with Crippen molar-refractivity contribution in [3.63, 3.8) is 0 Å². The van der Waals surface area contributed by atoms with Gasteiger partial charge in [0, 0.05) is 30.6 Å². The third-order valence-corrected chi connectivity index (χ3v) is 6.32. The van der Waals surface area contributed by atoms with E-state index in [0.717, 1.165) is 37.0 Å². The molecule has 1 aliphatic heterocycles. The van der Waals surface area contributed by atoms with E-state index in [0.29, 0.717) is 25.2 Å². The summed E-state index contributed by atoms with van der Waals surface area (Å²) >= 11 is 0. The lowest BCUT2D eigenvalue weighted by Crippen LogP contribution is -2.55. The number of hydrogen-bond donors (Lipinski definition) is 1. The van der Waals surface area contributed by atoms with E-state index in [1.165, 1.54) is 10.7 Å². The van der Waals surface area contributed by atoms with Gasteiger partial charge >= 0.3 is 0 Å². The van der Waals surface area contributed by atoms with Crippen LogP contribution in [-0.2, 0) is 11.3 Å². The Morgan fingerprint density at radius 1 is 1.21 bits per heavy atom. The molecule has 2 fully saturated rings. The molecular formula is C22H27N3O4. The zero-order chi connectivity index (χ0) is 20.4. The van der Waals surface area contributed by atoms with Crippen molar-refractivity contribution in [3.8, 4) is 17.0 Å². The van der Waals surface area contributed by atoms with Crippen molar-refractivity contribution in [2.75, 3.05) is 20.2 Å². The summed E-state index contributed by atoms with van der Waals surface area (Å²) in [7, 11) is 1.60. The minimum absolute atomic E-state index is 0.0893. The van der Waals surface area contributed by atoms with E-state index in [4.69, 9.17) is 4.74 Å². The number of fused-ring (bicyclic) bond motifs is 1. The van der Waals surface area contributed by atoms with E-state index in [1.54, 1.807) is 18.1 Å². The molecule has 1 aromatic carbocycles. The highest BCUT2D eigenvalue weighted by Gasteiger charge is 2.43. The summed E-state index contributed by atoms with van der Waals surface area (Å²) in [6, 6.07) is 10.5. The van der Waals surface area contributed by atoms with Gasteiger partial charge in [-0.05, 0) is 49.6 Å². The van der Waals surface area contributed by atoms with Crippen LogP contribution in [0.25, 0.3) is 11.3 Å². The van der Waals surface area contributed by atoms with Crippen LogP contribution in [0, 0.1) is 5.92 Å². The van der Waals surface area contributed by atoms with E-state index < -0.39 is 5.60 Å². The third kappa shape index (κ3) is 4.05. The van der Waals surface area contributed by atoms with Crippen LogP contribution in [-0.4, -0.2) is 51.5 Å². The monoisotopic (exact) mass is 397 g/mol. The molecule has 154 valence electrons. The molecule has 0 radical (unpaired) electrons. The second-order valence-corrected chi connectivity index (χ2v) is 8.08. The lowest BCUT2D eigenvalue weighted by atomic mass is 9.71. The standard InChI is InChI=1S/C22H27N3O4/c1-29-18-7-5-16(6-8-18)19-9-10-20(26)25(23-19)15-21(27)24-13-12-22(28)11-3-2-4-17(22)14-24/h5-10,17,28H,2-4,11-15H2,1H3/t17-,22+/m0/s1. The van der Waals surface area contributed by atoms with Crippen molar-refractivity contribution in [2.24, 2.45) is 5.92 Å². The number of amides is 1. The normalized spacial score (nSPS) is 24.1. The first-order chi connectivity index (χ1) is 14.0. The molecule has 1 aromatic heterocycles. The van der Waals surface area contributed by atoms with Gasteiger partial charge in [-0.15, -0.1) is 0 Å². The van der Waals surface area contributed by atoms with E-state index in [-0.39, 0.29) is 23.9 Å². The highest BCUT2D eigenvalue weighted by Crippen LogP contribution is 2.39. The second-order valence-electron chi connectivity index (χ2n) is 8.08. The van der Waals surface area contributed by atoms with Crippen molar-refractivity contribution in [3.05, 3.63) is 46.8 Å². The Labute approximate surface area is 169 Å². The summed E-state index contributed by atoms with van der Waals surface area (Å²) in [6.07, 6.45) is 4.53. The molecule has 4 rings (SSSR count). The number of methoxy groups -OCH3 is 1. The van der Waals surface area contributed by atoms with Crippen molar-refractivity contribution in [2.45, 2.75) is 44.2 Å². The Morgan fingerprint density at radius 3 is 2.76 bits per heavy atom. The number of piperidine rings is 1. The number of aliphatic hydroxyl groups is 1. The van der Waals surface area contributed by atoms with E-state index in [1.807, 2.05) is 24.3 Å². The van der Waals surface area contributed by atoms with Gasteiger partial charge in [-0.2, -0.15) is 5.10 Å². The number of benzene rings is 1. The van der Waals surface area contributed by atoms with Crippen molar-refractivity contribution < 1.29 is 14.6 Å². The molecule has 1 saturated carbocycles. The van der Waals surface area contributed by atoms with Crippen LogP contribution in [0.2, 0.25) is 0 Å². The van der Waals surface area contributed by atoms with Crippen LogP contribution in [0.5, 0.6) is 5.75 Å². The maximum atomic E-state index is 12.9. The summed E-state index contributed by atoms with van der Waals surface area (Å²) in [5, 5.41) is 15.2. The summed E-state index contributed by atoms with van der Waals surface area (Å²) in [6.45, 7) is 0.995. The Balaban J connectivity index is 1.48. The van der Waals surface area contributed by atoms with E-state index in [2.05, 4.69) is 5.10 Å². The Morgan fingerprint density at radius 2 is 2.00 bits per heavy atom. The van der Waals surface area contributed by atoms with E-state index >= 15 is 0 Å². The fourth-order valence-corrected chi connectivity index (χ4v) is 4.50. The number of nitrogens with zero attached hydrogens (tertiary/aromatic N) is 3. The van der Waals surface area contributed by atoms with Gasteiger partial charge in [0.25, 0.3) is 5.56 Å². The lowest BCUT2D eigenvalue weighted by Gasteiger charge is -2.47. The topological polar surface area (TPSA) is 84.7 Å². The molecule has 0 unspecified atom stereocenters. The molecule has 1 saturated heterocycles.